The van der Waals surface area contributed by atoms with E-state index in [2.05, 4.69) is 35.4 Å². The average Bonchev–Trinajstić information content (AvgIpc) is 2.87. The number of carbonyl (C=O) groups excluding carboxylic acids is 1. The molecule has 0 saturated carbocycles. The molecule has 1 aliphatic heterocycles. The highest BCUT2D eigenvalue weighted by Gasteiger charge is 2.21. The van der Waals surface area contributed by atoms with Crippen LogP contribution in [0.2, 0.25) is 0 Å². The van der Waals surface area contributed by atoms with Gasteiger partial charge in [0.1, 0.15) is 0 Å². The second-order valence-electron chi connectivity index (χ2n) is 5.68. The van der Waals surface area contributed by atoms with E-state index >= 15 is 0 Å². The van der Waals surface area contributed by atoms with Crippen molar-refractivity contribution in [1.82, 2.24) is 9.88 Å². The van der Waals surface area contributed by atoms with Gasteiger partial charge in [-0.15, -0.1) is 0 Å². The summed E-state index contributed by atoms with van der Waals surface area (Å²) in [5.41, 5.74) is 3.61. The molecule has 1 amide bonds. The molecule has 1 saturated heterocycles. The molecule has 0 atom stereocenters. The SMILES string of the molecule is CC(=O)N1CCC(Nc2cc(C)cc3cc[nH]c23)CC1. The molecule has 1 fully saturated rings. The second kappa shape index (κ2) is 5.19. The van der Waals surface area contributed by atoms with Crippen molar-refractivity contribution in [2.45, 2.75) is 32.7 Å². The summed E-state index contributed by atoms with van der Waals surface area (Å²) in [4.78, 5) is 16.6. The molecule has 0 aliphatic carbocycles. The van der Waals surface area contributed by atoms with E-state index in [-0.39, 0.29) is 5.91 Å². The fourth-order valence-electron chi connectivity index (χ4n) is 2.99. The molecule has 20 heavy (non-hydrogen) atoms. The third-order valence-corrected chi connectivity index (χ3v) is 4.10. The van der Waals surface area contributed by atoms with Crippen molar-refractivity contribution >= 4 is 22.5 Å². The van der Waals surface area contributed by atoms with Crippen molar-refractivity contribution in [1.29, 1.82) is 0 Å². The van der Waals surface area contributed by atoms with Gasteiger partial charge in [0.25, 0.3) is 0 Å². The first-order chi connectivity index (χ1) is 9.63. The Bertz CT molecular complexity index is 624. The zero-order valence-electron chi connectivity index (χ0n) is 12.1. The summed E-state index contributed by atoms with van der Waals surface area (Å²) in [6.07, 6.45) is 4.00. The molecule has 0 bridgehead atoms. The number of fused-ring (bicyclic) bond motifs is 1. The highest BCUT2D eigenvalue weighted by molar-refractivity contribution is 5.91. The standard InChI is InChI=1S/C16H21N3O/c1-11-9-13-3-6-17-16(13)15(10-11)18-14-4-7-19(8-5-14)12(2)20/h3,6,9-10,14,17-18H,4-5,7-8H2,1-2H3. The quantitative estimate of drug-likeness (QED) is 0.882. The first-order valence-electron chi connectivity index (χ1n) is 7.23. The third-order valence-electron chi connectivity index (χ3n) is 4.10. The summed E-state index contributed by atoms with van der Waals surface area (Å²) in [6.45, 7) is 5.48. The van der Waals surface area contributed by atoms with Gasteiger partial charge in [-0.05, 0) is 43.5 Å². The summed E-state index contributed by atoms with van der Waals surface area (Å²) in [6, 6.07) is 6.93. The van der Waals surface area contributed by atoms with Gasteiger partial charge in [0.15, 0.2) is 0 Å². The van der Waals surface area contributed by atoms with Gasteiger partial charge in [-0.3, -0.25) is 4.79 Å². The van der Waals surface area contributed by atoms with Gasteiger partial charge >= 0.3 is 0 Å². The maximum atomic E-state index is 11.3. The van der Waals surface area contributed by atoms with Crippen LogP contribution in [0.15, 0.2) is 24.4 Å². The molecular weight excluding hydrogens is 250 g/mol. The lowest BCUT2D eigenvalue weighted by Crippen LogP contribution is -2.41. The van der Waals surface area contributed by atoms with Crippen LogP contribution in [0.1, 0.15) is 25.3 Å². The molecule has 0 unspecified atom stereocenters. The highest BCUT2D eigenvalue weighted by atomic mass is 16.2. The van der Waals surface area contributed by atoms with Gasteiger partial charge in [0.2, 0.25) is 5.91 Å². The van der Waals surface area contributed by atoms with Crippen molar-refractivity contribution in [3.8, 4) is 0 Å². The fraction of sp³-hybridized carbons (Fsp3) is 0.438. The number of hydrogen-bond donors (Lipinski definition) is 2. The van der Waals surface area contributed by atoms with E-state index in [1.165, 1.54) is 22.2 Å². The normalized spacial score (nSPS) is 16.6. The fourth-order valence-corrected chi connectivity index (χ4v) is 2.99. The minimum atomic E-state index is 0.186. The smallest absolute Gasteiger partial charge is 0.219 e. The van der Waals surface area contributed by atoms with Crippen molar-refractivity contribution in [2.75, 3.05) is 18.4 Å². The van der Waals surface area contributed by atoms with E-state index < -0.39 is 0 Å². The predicted octanol–water partition coefficient (Wildman–Crippen LogP) is 2.90. The van der Waals surface area contributed by atoms with Gasteiger partial charge in [0, 0.05) is 37.6 Å². The Morgan fingerprint density at radius 2 is 2.10 bits per heavy atom. The number of rotatable bonds is 2. The number of nitrogens with one attached hydrogen (secondary N) is 2. The van der Waals surface area contributed by atoms with Crippen LogP contribution in [-0.2, 0) is 4.79 Å². The van der Waals surface area contributed by atoms with E-state index in [1.54, 1.807) is 6.92 Å². The number of anilines is 1. The molecule has 1 aliphatic rings. The van der Waals surface area contributed by atoms with Crippen LogP contribution >= 0.6 is 0 Å². The van der Waals surface area contributed by atoms with Gasteiger partial charge in [-0.1, -0.05) is 0 Å². The molecule has 2 N–H and O–H groups in total. The first kappa shape index (κ1) is 13.0. The first-order valence-corrected chi connectivity index (χ1v) is 7.23. The number of amides is 1. The number of aromatic nitrogens is 1. The summed E-state index contributed by atoms with van der Waals surface area (Å²) in [5.74, 6) is 0.186. The molecule has 0 radical (unpaired) electrons. The van der Waals surface area contributed by atoms with Crippen molar-refractivity contribution in [3.63, 3.8) is 0 Å². The van der Waals surface area contributed by atoms with Crippen LogP contribution in [0, 0.1) is 6.92 Å². The lowest BCUT2D eigenvalue weighted by molar-refractivity contribution is -0.129. The Morgan fingerprint density at radius 1 is 1.35 bits per heavy atom. The van der Waals surface area contributed by atoms with Crippen LogP contribution in [-0.4, -0.2) is 34.9 Å². The Hall–Kier alpha value is -1.97. The van der Waals surface area contributed by atoms with Crippen LogP contribution in [0.25, 0.3) is 10.9 Å². The second-order valence-corrected chi connectivity index (χ2v) is 5.68. The Labute approximate surface area is 119 Å². The lowest BCUT2D eigenvalue weighted by atomic mass is 10.0. The molecule has 4 nitrogen and oxygen atoms in total. The van der Waals surface area contributed by atoms with Crippen molar-refractivity contribution < 1.29 is 4.79 Å². The molecule has 1 aromatic carbocycles. The number of nitrogens with zero attached hydrogens (tertiary/aromatic N) is 1. The molecule has 2 heterocycles. The number of aryl methyl sites for hydroxylation is 1. The van der Waals surface area contributed by atoms with E-state index in [0.717, 1.165) is 25.9 Å². The number of benzene rings is 1. The molecular formula is C16H21N3O. The molecule has 1 aromatic heterocycles. The number of H-pyrrole nitrogens is 1. The maximum absolute atomic E-state index is 11.3. The molecule has 0 spiro atoms. The summed E-state index contributed by atoms with van der Waals surface area (Å²) < 4.78 is 0. The van der Waals surface area contributed by atoms with Gasteiger partial charge in [-0.2, -0.15) is 0 Å². The summed E-state index contributed by atoms with van der Waals surface area (Å²) in [7, 11) is 0. The van der Waals surface area contributed by atoms with Crippen molar-refractivity contribution in [2.24, 2.45) is 0 Å². The Balaban J connectivity index is 1.74. The molecule has 3 rings (SSSR count). The van der Waals surface area contributed by atoms with Crippen LogP contribution in [0.3, 0.4) is 0 Å². The van der Waals surface area contributed by atoms with Gasteiger partial charge in [-0.25, -0.2) is 0 Å². The Kier molecular flexibility index (Phi) is 3.38. The Morgan fingerprint density at radius 3 is 2.80 bits per heavy atom. The van der Waals surface area contributed by atoms with Gasteiger partial charge < -0.3 is 15.2 Å². The monoisotopic (exact) mass is 271 g/mol. The maximum Gasteiger partial charge on any atom is 0.219 e. The van der Waals surface area contributed by atoms with E-state index in [0.29, 0.717) is 6.04 Å². The molecule has 106 valence electrons. The topological polar surface area (TPSA) is 48.1 Å². The van der Waals surface area contributed by atoms with Gasteiger partial charge in [0.05, 0.1) is 11.2 Å². The van der Waals surface area contributed by atoms with Crippen LogP contribution in [0.5, 0.6) is 0 Å². The largest absolute Gasteiger partial charge is 0.380 e. The summed E-state index contributed by atoms with van der Waals surface area (Å²) >= 11 is 0. The number of hydrogen-bond acceptors (Lipinski definition) is 2. The lowest BCUT2D eigenvalue weighted by Gasteiger charge is -2.32. The number of carbonyl (C=O) groups is 1. The summed E-state index contributed by atoms with van der Waals surface area (Å²) in [5, 5.41) is 4.89. The minimum Gasteiger partial charge on any atom is -0.380 e. The van der Waals surface area contributed by atoms with E-state index in [4.69, 9.17) is 0 Å². The molecule has 2 aromatic rings. The zero-order valence-corrected chi connectivity index (χ0v) is 12.1. The van der Waals surface area contributed by atoms with Crippen LogP contribution in [0.4, 0.5) is 5.69 Å². The zero-order chi connectivity index (χ0) is 14.1. The molecule has 4 heteroatoms. The predicted molar refractivity (Wildman–Crippen MR) is 81.9 cm³/mol. The number of aromatic amines is 1. The highest BCUT2D eigenvalue weighted by Crippen LogP contribution is 2.26. The number of likely N-dealkylation sites (tertiary alicyclic amines) is 1. The van der Waals surface area contributed by atoms with E-state index in [1.807, 2.05) is 11.1 Å². The minimum absolute atomic E-state index is 0.186. The average molecular weight is 271 g/mol. The van der Waals surface area contributed by atoms with E-state index in [9.17, 15) is 4.79 Å². The third kappa shape index (κ3) is 2.50. The number of piperidine rings is 1. The van der Waals surface area contributed by atoms with Crippen LogP contribution < -0.4 is 5.32 Å². The van der Waals surface area contributed by atoms with Crippen molar-refractivity contribution in [3.05, 3.63) is 30.0 Å².